The lowest BCUT2D eigenvalue weighted by molar-refractivity contribution is -0.140. The first-order valence-corrected chi connectivity index (χ1v) is 30.9. The van der Waals surface area contributed by atoms with Gasteiger partial charge in [0.05, 0.1) is 48.8 Å². The highest BCUT2D eigenvalue weighted by Crippen LogP contribution is 2.34. The average Bonchev–Trinajstić information content (AvgIpc) is 3.85. The minimum absolute atomic E-state index is 0.0362. The van der Waals surface area contributed by atoms with Gasteiger partial charge in [0.25, 0.3) is 0 Å². The van der Waals surface area contributed by atoms with Crippen molar-refractivity contribution in [1.82, 2.24) is 47.7 Å². The number of nitrogens with one attached hydrogen (secondary N) is 8. The molecule has 24 nitrogen and oxygen atoms in total. The largest absolute Gasteiger partial charge is 0.508 e. The molecule has 8 amide bonds. The summed E-state index contributed by atoms with van der Waals surface area (Å²) < 4.78 is 0. The van der Waals surface area contributed by atoms with Crippen LogP contribution in [-0.2, 0) is 59.2 Å². The Labute approximate surface area is 472 Å². The molecule has 11 atom stereocenters. The van der Waals surface area contributed by atoms with E-state index in [1.54, 1.807) is 12.2 Å². The van der Waals surface area contributed by atoms with Gasteiger partial charge in [-0.3, -0.25) is 58.1 Å². The fraction of sp³-hybridized carbons (Fsp3) is 0.596. The van der Waals surface area contributed by atoms with Crippen molar-refractivity contribution in [3.05, 3.63) is 42.0 Å². The monoisotopic (exact) mass is 1190 g/mol. The predicted octanol–water partition coefficient (Wildman–Crippen LogP) is -2.19. The lowest BCUT2D eigenvalue weighted by Crippen LogP contribution is -2.62. The van der Waals surface area contributed by atoms with Crippen LogP contribution in [0.25, 0.3) is 0 Å². The van der Waals surface area contributed by atoms with Gasteiger partial charge in [-0.2, -0.15) is 25.3 Å². The first-order valence-electron chi connectivity index (χ1n) is 24.7. The van der Waals surface area contributed by atoms with Crippen molar-refractivity contribution in [2.24, 2.45) is 23.3 Å². The van der Waals surface area contributed by atoms with Crippen LogP contribution in [0.15, 0.2) is 36.4 Å². The van der Waals surface area contributed by atoms with Gasteiger partial charge >= 0.3 is 0 Å². The number of hydrogen-bond acceptors (Lipinski definition) is 22. The van der Waals surface area contributed by atoms with Crippen LogP contribution < -0.4 is 54.1 Å². The number of aliphatic hydroxyl groups excluding tert-OH is 1. The number of carbonyl (C=O) groups is 11. The fourth-order valence-corrected chi connectivity index (χ4v) is 13.5. The van der Waals surface area contributed by atoms with Gasteiger partial charge in [-0.25, -0.2) is 10.4 Å². The second-order valence-electron chi connectivity index (χ2n) is 18.5. The van der Waals surface area contributed by atoms with Crippen molar-refractivity contribution >= 4 is 133 Å². The third-order valence-electron chi connectivity index (χ3n) is 12.5. The topological polar surface area (TPSA) is 380 Å². The Morgan fingerprint density at radius 1 is 0.818 bits per heavy atom. The Morgan fingerprint density at radius 3 is 2.14 bits per heavy atom. The summed E-state index contributed by atoms with van der Waals surface area (Å²) >= 11 is 8.61. The number of aromatic hydroxyl groups is 1. The van der Waals surface area contributed by atoms with Crippen LogP contribution in [0, 0.1) is 11.8 Å². The first kappa shape index (κ1) is 65.0. The summed E-state index contributed by atoms with van der Waals surface area (Å²) in [6.45, 7) is 1.92. The van der Waals surface area contributed by atoms with Crippen molar-refractivity contribution in [3.8, 4) is 5.75 Å². The Balaban J connectivity index is 1.67. The van der Waals surface area contributed by atoms with Gasteiger partial charge in [0, 0.05) is 41.9 Å². The van der Waals surface area contributed by atoms with E-state index in [0.29, 0.717) is 29.9 Å². The zero-order valence-electron chi connectivity index (χ0n) is 42.4. The Kier molecular flexibility index (Phi) is 28.0. The van der Waals surface area contributed by atoms with Gasteiger partial charge in [0.1, 0.15) is 36.0 Å². The number of phenols is 1. The number of thiol groups is 2. The van der Waals surface area contributed by atoms with Crippen LogP contribution in [0.1, 0.15) is 57.9 Å². The number of nitrogens with zero attached hydrogens (tertiary/aromatic N) is 1. The molecule has 1 aromatic carbocycles. The summed E-state index contributed by atoms with van der Waals surface area (Å²) in [5.74, 6) is -8.02. The zero-order valence-corrected chi connectivity index (χ0v) is 47.5. The summed E-state index contributed by atoms with van der Waals surface area (Å²) in [4.78, 5) is 147. The highest BCUT2D eigenvalue weighted by molar-refractivity contribution is 8.77. The molecule has 2 bridgehead atoms. The molecule has 2 fully saturated rings. The summed E-state index contributed by atoms with van der Waals surface area (Å²) in [7, 11) is 5.70. The van der Waals surface area contributed by atoms with Crippen LogP contribution in [-0.4, -0.2) is 182 Å². The van der Waals surface area contributed by atoms with E-state index < -0.39 is 132 Å². The van der Waals surface area contributed by atoms with Crippen LogP contribution >= 0.6 is 68.4 Å². The summed E-state index contributed by atoms with van der Waals surface area (Å²) in [6.07, 6.45) is 1.82. The van der Waals surface area contributed by atoms with Gasteiger partial charge in [-0.15, -0.1) is 0 Å². The molecule has 30 heteroatoms. The van der Waals surface area contributed by atoms with E-state index >= 15 is 0 Å². The quantitative estimate of drug-likeness (QED) is 0.0512. The molecule has 2 saturated heterocycles. The molecular weight excluding hydrogens is 1120 g/mol. The highest BCUT2D eigenvalue weighted by atomic mass is 33.1. The van der Waals surface area contributed by atoms with Crippen molar-refractivity contribution in [3.63, 3.8) is 0 Å². The van der Waals surface area contributed by atoms with Gasteiger partial charge in [0.2, 0.25) is 58.8 Å². The molecule has 0 aliphatic carbocycles. The molecule has 426 valence electrons. The van der Waals surface area contributed by atoms with E-state index in [1.165, 1.54) is 86.3 Å². The van der Waals surface area contributed by atoms with Crippen LogP contribution in [0.3, 0.4) is 0 Å². The van der Waals surface area contributed by atoms with E-state index in [9.17, 15) is 63.0 Å². The van der Waals surface area contributed by atoms with E-state index in [4.69, 9.17) is 11.5 Å². The van der Waals surface area contributed by atoms with Crippen LogP contribution in [0.5, 0.6) is 5.75 Å². The summed E-state index contributed by atoms with van der Waals surface area (Å²) in [6, 6.07) is -4.23. The number of aliphatic hydroxyl groups is 1. The molecule has 3 heterocycles. The predicted molar refractivity (Wildman–Crippen MR) is 301 cm³/mol. The molecule has 0 radical (unpaired) electrons. The molecule has 4 rings (SSSR count). The van der Waals surface area contributed by atoms with E-state index in [-0.39, 0.29) is 72.8 Å². The van der Waals surface area contributed by atoms with E-state index in [0.717, 1.165) is 0 Å². The smallest absolute Gasteiger partial charge is 0.245 e. The third kappa shape index (κ3) is 21.6. The molecule has 77 heavy (non-hydrogen) atoms. The van der Waals surface area contributed by atoms with E-state index in [2.05, 4.69) is 67.9 Å². The normalized spacial score (nSPS) is 28.1. The van der Waals surface area contributed by atoms with Crippen LogP contribution in [0.2, 0.25) is 0 Å². The molecule has 0 spiro atoms. The number of fused-ring (bicyclic) bond motifs is 3. The lowest BCUT2D eigenvalue weighted by atomic mass is 9.92. The number of Topliss-reactive ketones (excluding diaryl/α,β-unsaturated/α-hetero) is 3. The highest BCUT2D eigenvalue weighted by Gasteiger charge is 2.38. The van der Waals surface area contributed by atoms with Gasteiger partial charge < -0.3 is 53.6 Å². The minimum Gasteiger partial charge on any atom is -0.508 e. The number of rotatable bonds is 10. The average molecular weight is 1190 g/mol. The number of hydrogen-bond donors (Lipinski definition) is 14. The lowest BCUT2D eigenvalue weighted by Gasteiger charge is -2.30. The second-order valence-corrected chi connectivity index (χ2v) is 24.3. The summed E-state index contributed by atoms with van der Waals surface area (Å²) in [5, 5.41) is 40.0. The molecule has 3 unspecified atom stereocenters. The van der Waals surface area contributed by atoms with E-state index in [1.807, 2.05) is 0 Å². The molecule has 3 aliphatic rings. The number of primary amides is 2. The zero-order chi connectivity index (χ0) is 56.8. The number of amides is 8. The standard InChI is InChI=1S/C47H69N11O13S6/c1-24-40(64)41(65)34(19-73)51-23-77-75-21-27-14-28(43(67)55-33(18-72)36(61)22-76-74-20-27)6-3-4-7-30(44(68)54-31(42(49)66)15-26-9-11-29(60)12-10-26)53-38(63)17-50-47(71)39(25(2)59)56-45(69)32(16-37(48)62)57-58-13-5-8-35(58)46(70)52-24/h3-4,9-12,24-25,27-28,30-35,39,51,57,59-60,72-73H,5-8,13-23H2,1-2H3,(H2,48,62)(H2,49,66)(H,50,71)(H,52,70)(H,53,63)(H,54,68)(H,55,67)(H,56,69)/t24-,25+,27?,28+,30?,31-,32?,33-,34-,35-,39-/m0/s1. The number of allylic oxidation sites excluding steroid dienone is 1. The molecule has 1 aromatic rings. The molecule has 3 aliphatic heterocycles. The Bertz CT molecular complexity index is 2310. The van der Waals surface area contributed by atoms with Crippen LogP contribution in [0.4, 0.5) is 0 Å². The maximum atomic E-state index is 14.0. The number of phenolic OH excluding ortho intramolecular Hbond substituents is 1. The third-order valence-corrected chi connectivity index (χ3v) is 18.0. The summed E-state index contributed by atoms with van der Waals surface area (Å²) in [5.41, 5.74) is 14.5. The fourth-order valence-electron chi connectivity index (χ4n) is 8.14. The minimum atomic E-state index is -1.73. The number of nitrogens with two attached hydrogens (primary N) is 2. The Morgan fingerprint density at radius 2 is 1.49 bits per heavy atom. The van der Waals surface area contributed by atoms with Crippen molar-refractivity contribution in [1.29, 1.82) is 0 Å². The van der Waals surface area contributed by atoms with Crippen molar-refractivity contribution < 1.29 is 63.0 Å². The first-order chi connectivity index (χ1) is 36.6. The second kappa shape index (κ2) is 33.2. The van der Waals surface area contributed by atoms with Gasteiger partial charge in [-0.05, 0) is 69.6 Å². The SMILES string of the molecule is C[C@@H]1NC(=O)[C@@H]2CCCN2NC(CC(N)=O)C(=O)N[C@@H]([C@@H](C)O)C(=O)NCC(=O)NC(C(=O)N[C@@H](Cc2ccc(O)cc2)C(N)=O)CC=CC[C@@H]2CC(CSSCN[C@@H](CS)C(=O)C1=O)CSSCC(=O)[C@H](CS)NC2=O. The maximum absolute atomic E-state index is 14.0. The molecule has 14 N–H and O–H groups in total. The van der Waals surface area contributed by atoms with Crippen molar-refractivity contribution in [2.45, 2.75) is 113 Å². The number of benzene rings is 1. The molecule has 0 saturated carbocycles. The van der Waals surface area contributed by atoms with Gasteiger partial charge in [-0.1, -0.05) is 67.5 Å². The van der Waals surface area contributed by atoms with Crippen molar-refractivity contribution in [2.75, 3.05) is 47.7 Å². The molecule has 0 aromatic heterocycles. The van der Waals surface area contributed by atoms with Gasteiger partial charge in [0.15, 0.2) is 5.78 Å². The Hall–Kier alpha value is -4.53. The number of ketones is 3. The number of hydrazine groups is 1. The maximum Gasteiger partial charge on any atom is 0.245 e. The number of carbonyl (C=O) groups excluding carboxylic acids is 11. The molecular formula is C47H69N11O13S6.